The van der Waals surface area contributed by atoms with E-state index in [2.05, 4.69) is 0 Å². The number of halogens is 6. The summed E-state index contributed by atoms with van der Waals surface area (Å²) in [6, 6.07) is 0. The minimum Gasteiger partial charge on any atom is -1.00 e. The summed E-state index contributed by atoms with van der Waals surface area (Å²) >= 11 is 0. The molecule has 0 heterocycles. The summed E-state index contributed by atoms with van der Waals surface area (Å²) in [5, 5.41) is 0. The van der Waals surface area contributed by atoms with Crippen molar-refractivity contribution in [2.24, 2.45) is 0 Å². The molecule has 0 nitrogen and oxygen atoms in total. The molecule has 0 atom stereocenters. The minimum absolute atomic E-state index is 0. The van der Waals surface area contributed by atoms with Gasteiger partial charge >= 0.3 is 82.1 Å². The summed E-state index contributed by atoms with van der Waals surface area (Å²) in [4.78, 5) is 0. The quantitative estimate of drug-likeness (QED) is 0.342. The molecule has 0 bridgehead atoms. The Bertz CT molecular complexity index is 8.49. The molecule has 0 unspecified atom stereocenters. The summed E-state index contributed by atoms with van der Waals surface area (Å²) in [5.74, 6) is 0. The van der Waals surface area contributed by atoms with Crippen LogP contribution >= 0.6 is 0 Å². The third-order valence-corrected chi connectivity index (χ3v) is 0. The molecule has 0 spiro atoms. The van der Waals surface area contributed by atoms with Gasteiger partial charge in [-0.2, -0.15) is 0 Å². The van der Waals surface area contributed by atoms with E-state index in [0.717, 1.165) is 0 Å². The van der Waals surface area contributed by atoms with Gasteiger partial charge in [0.1, 0.15) is 0 Å². The van der Waals surface area contributed by atoms with Crippen molar-refractivity contribution in [2.75, 3.05) is 0 Å². The molecule has 0 aromatic heterocycles. The van der Waals surface area contributed by atoms with Crippen molar-refractivity contribution in [3.63, 3.8) is 0 Å². The van der Waals surface area contributed by atoms with Gasteiger partial charge in [-0.05, 0) is 0 Å². The summed E-state index contributed by atoms with van der Waals surface area (Å²) in [5.41, 5.74) is 0. The van der Waals surface area contributed by atoms with E-state index in [1.165, 1.54) is 0 Å². The molecule has 0 saturated carbocycles. The van der Waals surface area contributed by atoms with Crippen molar-refractivity contribution >= 4 is 0 Å². The first-order chi connectivity index (χ1) is 0. The third-order valence-electron chi connectivity index (χ3n) is 0. The van der Waals surface area contributed by atoms with Crippen LogP contribution in [0.1, 0.15) is 0 Å². The van der Waals surface area contributed by atoms with E-state index in [1.54, 1.807) is 0 Å². The minimum atomic E-state index is 0. The zero-order valence-corrected chi connectivity index (χ0v) is 13.0. The standard InChI is InChI=1S/6ClH.Eu.Y/h6*1H;;/q;;;;;;2*+3/p-6. The van der Waals surface area contributed by atoms with Crippen LogP contribution in [0.2, 0.25) is 0 Å². The van der Waals surface area contributed by atoms with Crippen LogP contribution in [-0.4, -0.2) is 0 Å². The van der Waals surface area contributed by atoms with E-state index in [4.69, 9.17) is 0 Å². The van der Waals surface area contributed by atoms with Crippen molar-refractivity contribution in [3.05, 3.63) is 0 Å². The second kappa shape index (κ2) is 63.4. The fraction of sp³-hybridized carbons (Fsp3) is 0. The number of rotatable bonds is 0. The number of hydrogen-bond donors (Lipinski definition) is 0. The van der Waals surface area contributed by atoms with Crippen molar-refractivity contribution in [2.45, 2.75) is 0 Å². The first-order valence-electron chi connectivity index (χ1n) is 0. The predicted molar refractivity (Wildman–Crippen MR) is 0 cm³/mol. The van der Waals surface area contributed by atoms with Gasteiger partial charge in [0.2, 0.25) is 0 Å². The van der Waals surface area contributed by atoms with Crippen LogP contribution in [0.15, 0.2) is 0 Å². The van der Waals surface area contributed by atoms with Crippen LogP contribution in [0.5, 0.6) is 0 Å². The van der Waals surface area contributed by atoms with Crippen molar-refractivity contribution in [3.8, 4) is 0 Å². The van der Waals surface area contributed by atoms with Gasteiger partial charge in [-0.1, -0.05) is 0 Å². The Morgan fingerprint density at radius 2 is 0.375 bits per heavy atom. The zero-order valence-electron chi connectivity index (χ0n) is 3.22. The van der Waals surface area contributed by atoms with Crippen LogP contribution in [-0.2, 0) is 32.7 Å². The molecule has 8 heavy (non-hydrogen) atoms. The average molecular weight is 454 g/mol. The van der Waals surface area contributed by atoms with Crippen LogP contribution in [0.4, 0.5) is 0 Å². The summed E-state index contributed by atoms with van der Waals surface area (Å²) < 4.78 is 0. The monoisotopic (exact) mass is 452 g/mol. The Morgan fingerprint density at radius 3 is 0.375 bits per heavy atom. The Balaban J connectivity index is 0. The maximum atomic E-state index is 0. The van der Waals surface area contributed by atoms with Gasteiger partial charge in [0, 0.05) is 0 Å². The molecule has 0 saturated heterocycles. The first kappa shape index (κ1) is 82.8. The van der Waals surface area contributed by atoms with E-state index in [1.807, 2.05) is 0 Å². The third kappa shape index (κ3) is 47.3. The molecule has 0 fully saturated rings. The van der Waals surface area contributed by atoms with Crippen molar-refractivity contribution in [1.29, 1.82) is 0 Å². The molecule has 0 aliphatic rings. The molecule has 52 valence electrons. The molecule has 0 rings (SSSR count). The molecule has 8 heteroatoms. The van der Waals surface area contributed by atoms with E-state index in [0.29, 0.717) is 0 Å². The predicted octanol–water partition coefficient (Wildman–Crippen LogP) is -18.0. The normalized spacial score (nSPS) is 0. The largest absolute Gasteiger partial charge is 3.00 e. The first-order valence-corrected chi connectivity index (χ1v) is 0. The van der Waals surface area contributed by atoms with Crippen LogP contribution in [0.3, 0.4) is 0 Å². The molecular weight excluding hydrogens is 454 g/mol. The van der Waals surface area contributed by atoms with Gasteiger partial charge < -0.3 is 74.4 Å². The molecule has 0 aromatic carbocycles. The Morgan fingerprint density at radius 1 is 0.375 bits per heavy atom. The Kier molecular flexibility index (Phi) is 656. The van der Waals surface area contributed by atoms with Gasteiger partial charge in [0.05, 0.1) is 0 Å². The fourth-order valence-electron chi connectivity index (χ4n) is 0. The van der Waals surface area contributed by atoms with Crippen molar-refractivity contribution in [1.82, 2.24) is 0 Å². The van der Waals surface area contributed by atoms with Crippen molar-refractivity contribution < 1.29 is 157 Å². The molecule has 0 radical (unpaired) electrons. The van der Waals surface area contributed by atoms with Gasteiger partial charge in [0.25, 0.3) is 0 Å². The van der Waals surface area contributed by atoms with Gasteiger partial charge in [-0.25, -0.2) is 0 Å². The van der Waals surface area contributed by atoms with Gasteiger partial charge in [-0.15, -0.1) is 0 Å². The van der Waals surface area contributed by atoms with E-state index in [9.17, 15) is 0 Å². The molecule has 0 N–H and O–H groups in total. The smallest absolute Gasteiger partial charge is 1.00 e. The summed E-state index contributed by atoms with van der Waals surface area (Å²) in [7, 11) is 0. The second-order valence-corrected chi connectivity index (χ2v) is 0. The molecule has 0 aliphatic carbocycles. The maximum Gasteiger partial charge on any atom is 3.00 e. The fourth-order valence-corrected chi connectivity index (χ4v) is 0. The molecular formula is Cl6EuY. The maximum absolute atomic E-state index is 0. The van der Waals surface area contributed by atoms with E-state index in [-0.39, 0.29) is 157 Å². The average Bonchev–Trinajstić information content (AvgIpc) is 0. The van der Waals surface area contributed by atoms with Gasteiger partial charge in [0.15, 0.2) is 0 Å². The van der Waals surface area contributed by atoms with E-state index >= 15 is 0 Å². The van der Waals surface area contributed by atoms with Crippen LogP contribution in [0.25, 0.3) is 0 Å². The second-order valence-electron chi connectivity index (χ2n) is 0. The zero-order chi connectivity index (χ0) is 0. The summed E-state index contributed by atoms with van der Waals surface area (Å²) in [6.07, 6.45) is 0. The molecule has 0 aliphatic heterocycles. The summed E-state index contributed by atoms with van der Waals surface area (Å²) in [6.45, 7) is 0. The van der Waals surface area contributed by atoms with E-state index < -0.39 is 0 Å². The topological polar surface area (TPSA) is 0 Å². The van der Waals surface area contributed by atoms with Gasteiger partial charge in [-0.3, -0.25) is 0 Å². The number of hydrogen-bond acceptors (Lipinski definition) is 0. The molecule has 0 amide bonds. The SMILES string of the molecule is [Cl-].[Cl-].[Cl-].[Cl-].[Cl-].[Cl-].[Eu+3].[Y+3]. The Hall–Kier alpha value is 4.43. The van der Waals surface area contributed by atoms with Crippen LogP contribution in [0, 0.1) is 49.4 Å². The molecule has 0 aromatic rings. The Labute approximate surface area is 153 Å². The van der Waals surface area contributed by atoms with Crippen LogP contribution < -0.4 is 74.4 Å².